The van der Waals surface area contributed by atoms with Gasteiger partial charge in [-0.25, -0.2) is 15.0 Å². The zero-order valence-electron chi connectivity index (χ0n) is 14.9. The van der Waals surface area contributed by atoms with E-state index in [4.69, 9.17) is 0 Å². The summed E-state index contributed by atoms with van der Waals surface area (Å²) in [5.74, 6) is 1.91. The first kappa shape index (κ1) is 17.6. The number of carbonyl (C=O) groups excluding carboxylic acids is 1. The lowest BCUT2D eigenvalue weighted by Crippen LogP contribution is -2.43. The van der Waals surface area contributed by atoms with Crippen LogP contribution < -0.4 is 10.2 Å². The monoisotopic (exact) mass is 360 g/mol. The van der Waals surface area contributed by atoms with E-state index in [9.17, 15) is 4.79 Å². The topological polar surface area (TPSA) is 74.2 Å². The Balaban J connectivity index is 1.50. The van der Waals surface area contributed by atoms with Crippen molar-refractivity contribution in [3.05, 3.63) is 28.5 Å². The minimum Gasteiger partial charge on any atom is -0.367 e. The average molecular weight is 360 g/mol. The van der Waals surface area contributed by atoms with Crippen LogP contribution in [0.5, 0.6) is 0 Å². The minimum absolute atomic E-state index is 0.194. The molecule has 1 fully saturated rings. The number of aromatic nitrogens is 3. The molecule has 1 saturated heterocycles. The van der Waals surface area contributed by atoms with E-state index in [2.05, 4.69) is 20.3 Å². The van der Waals surface area contributed by atoms with Crippen LogP contribution >= 0.6 is 11.3 Å². The number of anilines is 2. The number of amides is 1. The predicted octanol–water partition coefficient (Wildman–Crippen LogP) is 1.95. The second-order valence-electron chi connectivity index (χ2n) is 6.48. The number of carbonyl (C=O) groups is 1. The van der Waals surface area contributed by atoms with Crippen LogP contribution in [0.3, 0.4) is 0 Å². The normalized spacial score (nSPS) is 15.2. The summed E-state index contributed by atoms with van der Waals surface area (Å²) in [5, 5.41) is 4.47. The standard InChI is InChI=1S/C17H24N6OS/c1-12-18-10-14(25-12)8-17(24)23-6-4-13(5-7-23)21-15-9-16(22(2)3)20-11-19-15/h9-11,13H,4-8H2,1-3H3,(H,19,20,21). The maximum Gasteiger partial charge on any atom is 0.227 e. The van der Waals surface area contributed by atoms with Crippen LogP contribution in [0.1, 0.15) is 22.7 Å². The summed E-state index contributed by atoms with van der Waals surface area (Å²) < 4.78 is 0. The Morgan fingerprint density at radius 3 is 2.72 bits per heavy atom. The summed E-state index contributed by atoms with van der Waals surface area (Å²) in [6.45, 7) is 3.52. The van der Waals surface area contributed by atoms with Crippen molar-refractivity contribution in [3.8, 4) is 0 Å². The van der Waals surface area contributed by atoms with Gasteiger partial charge in [0.15, 0.2) is 0 Å². The smallest absolute Gasteiger partial charge is 0.227 e. The molecule has 25 heavy (non-hydrogen) atoms. The lowest BCUT2D eigenvalue weighted by atomic mass is 10.0. The molecule has 2 aromatic rings. The van der Waals surface area contributed by atoms with E-state index in [0.29, 0.717) is 12.5 Å². The van der Waals surface area contributed by atoms with Crippen molar-refractivity contribution in [2.75, 3.05) is 37.4 Å². The maximum absolute atomic E-state index is 12.4. The highest BCUT2D eigenvalue weighted by Gasteiger charge is 2.23. The van der Waals surface area contributed by atoms with Gasteiger partial charge in [-0.2, -0.15) is 0 Å². The second-order valence-corrected chi connectivity index (χ2v) is 7.80. The molecule has 3 rings (SSSR count). The lowest BCUT2D eigenvalue weighted by molar-refractivity contribution is -0.131. The van der Waals surface area contributed by atoms with Gasteiger partial charge in [0.2, 0.25) is 5.91 Å². The molecular weight excluding hydrogens is 336 g/mol. The zero-order chi connectivity index (χ0) is 17.8. The summed E-state index contributed by atoms with van der Waals surface area (Å²) in [7, 11) is 3.92. The first-order chi connectivity index (χ1) is 12.0. The molecule has 1 amide bonds. The molecule has 1 aliphatic rings. The van der Waals surface area contributed by atoms with Gasteiger partial charge in [-0.15, -0.1) is 11.3 Å². The number of likely N-dealkylation sites (tertiary alicyclic amines) is 1. The van der Waals surface area contributed by atoms with E-state index in [1.807, 2.05) is 43.1 Å². The molecule has 0 radical (unpaired) electrons. The number of piperidine rings is 1. The van der Waals surface area contributed by atoms with Crippen LogP contribution in [0.4, 0.5) is 11.6 Å². The van der Waals surface area contributed by atoms with Crippen molar-refractivity contribution in [1.29, 1.82) is 0 Å². The highest BCUT2D eigenvalue weighted by molar-refractivity contribution is 7.11. The van der Waals surface area contributed by atoms with Crippen molar-refractivity contribution in [2.24, 2.45) is 0 Å². The van der Waals surface area contributed by atoms with E-state index < -0.39 is 0 Å². The molecular formula is C17H24N6OS. The van der Waals surface area contributed by atoms with Gasteiger partial charge in [-0.05, 0) is 19.8 Å². The number of aryl methyl sites for hydroxylation is 1. The molecule has 2 aromatic heterocycles. The SMILES string of the molecule is Cc1ncc(CC(=O)N2CCC(Nc3cc(N(C)C)ncn3)CC2)s1. The highest BCUT2D eigenvalue weighted by Crippen LogP contribution is 2.19. The Kier molecular flexibility index (Phi) is 5.47. The maximum atomic E-state index is 12.4. The van der Waals surface area contributed by atoms with Crippen molar-refractivity contribution < 1.29 is 4.79 Å². The fourth-order valence-electron chi connectivity index (χ4n) is 2.90. The molecule has 0 saturated carbocycles. The van der Waals surface area contributed by atoms with Gasteiger partial charge in [0, 0.05) is 50.4 Å². The van der Waals surface area contributed by atoms with E-state index in [1.165, 1.54) is 0 Å². The molecule has 134 valence electrons. The number of nitrogens with zero attached hydrogens (tertiary/aromatic N) is 5. The van der Waals surface area contributed by atoms with Crippen molar-refractivity contribution in [3.63, 3.8) is 0 Å². The third kappa shape index (κ3) is 4.66. The number of nitrogens with one attached hydrogen (secondary N) is 1. The first-order valence-electron chi connectivity index (χ1n) is 8.46. The molecule has 0 aromatic carbocycles. The number of hydrogen-bond acceptors (Lipinski definition) is 7. The van der Waals surface area contributed by atoms with E-state index >= 15 is 0 Å². The third-order valence-electron chi connectivity index (χ3n) is 4.31. The van der Waals surface area contributed by atoms with Gasteiger partial charge < -0.3 is 15.1 Å². The first-order valence-corrected chi connectivity index (χ1v) is 9.28. The summed E-state index contributed by atoms with van der Waals surface area (Å²) >= 11 is 1.60. The summed E-state index contributed by atoms with van der Waals surface area (Å²) in [4.78, 5) is 30.1. The Morgan fingerprint density at radius 1 is 1.32 bits per heavy atom. The van der Waals surface area contributed by atoms with Crippen LogP contribution in [0, 0.1) is 6.92 Å². The van der Waals surface area contributed by atoms with E-state index in [1.54, 1.807) is 17.7 Å². The lowest BCUT2D eigenvalue weighted by Gasteiger charge is -2.32. The molecule has 0 atom stereocenters. The van der Waals surface area contributed by atoms with Gasteiger partial charge in [-0.1, -0.05) is 0 Å². The predicted molar refractivity (Wildman–Crippen MR) is 100 cm³/mol. The summed E-state index contributed by atoms with van der Waals surface area (Å²) in [6, 6.07) is 2.28. The fourth-order valence-corrected chi connectivity index (χ4v) is 3.69. The van der Waals surface area contributed by atoms with Crippen LogP contribution in [0.2, 0.25) is 0 Å². The fraction of sp³-hybridized carbons (Fsp3) is 0.529. The van der Waals surface area contributed by atoms with Crippen LogP contribution in [0.25, 0.3) is 0 Å². The quantitative estimate of drug-likeness (QED) is 0.878. The second kappa shape index (κ2) is 7.77. The summed E-state index contributed by atoms with van der Waals surface area (Å²) in [6.07, 6.45) is 5.70. The van der Waals surface area contributed by atoms with Crippen LogP contribution in [-0.4, -0.2) is 59.0 Å². The van der Waals surface area contributed by atoms with Crippen molar-refractivity contribution >= 4 is 28.9 Å². The third-order valence-corrected chi connectivity index (χ3v) is 5.22. The molecule has 3 heterocycles. The molecule has 0 unspecified atom stereocenters. The van der Waals surface area contributed by atoms with Gasteiger partial charge in [-0.3, -0.25) is 4.79 Å². The summed E-state index contributed by atoms with van der Waals surface area (Å²) in [5.41, 5.74) is 0. The minimum atomic E-state index is 0.194. The van der Waals surface area contributed by atoms with Crippen LogP contribution in [-0.2, 0) is 11.2 Å². The van der Waals surface area contributed by atoms with Gasteiger partial charge in [0.25, 0.3) is 0 Å². The number of rotatable bonds is 5. The Labute approximate surface area is 152 Å². The average Bonchev–Trinajstić information content (AvgIpc) is 3.00. The zero-order valence-corrected chi connectivity index (χ0v) is 15.7. The van der Waals surface area contributed by atoms with Crippen molar-refractivity contribution in [1.82, 2.24) is 19.9 Å². The Hall–Kier alpha value is -2.22. The molecule has 0 spiro atoms. The van der Waals surface area contributed by atoms with E-state index in [0.717, 1.165) is 47.5 Å². The largest absolute Gasteiger partial charge is 0.367 e. The molecule has 0 aliphatic carbocycles. The van der Waals surface area contributed by atoms with Gasteiger partial charge in [0.1, 0.15) is 18.0 Å². The highest BCUT2D eigenvalue weighted by atomic mass is 32.1. The molecule has 0 bridgehead atoms. The molecule has 7 nitrogen and oxygen atoms in total. The van der Waals surface area contributed by atoms with Crippen molar-refractivity contribution in [2.45, 2.75) is 32.2 Å². The van der Waals surface area contributed by atoms with Gasteiger partial charge >= 0.3 is 0 Å². The molecule has 1 aliphatic heterocycles. The van der Waals surface area contributed by atoms with Gasteiger partial charge in [0.05, 0.1) is 11.4 Å². The molecule has 1 N–H and O–H groups in total. The van der Waals surface area contributed by atoms with E-state index in [-0.39, 0.29) is 5.91 Å². The van der Waals surface area contributed by atoms with Crippen LogP contribution in [0.15, 0.2) is 18.6 Å². The number of hydrogen-bond donors (Lipinski definition) is 1. The molecule has 8 heteroatoms. The Bertz CT molecular complexity index is 723. The Morgan fingerprint density at radius 2 is 2.08 bits per heavy atom. The number of thiazole rings is 1.